The van der Waals surface area contributed by atoms with Crippen molar-refractivity contribution >= 4 is 22.5 Å². The van der Waals surface area contributed by atoms with Gasteiger partial charge in [-0.15, -0.1) is 0 Å². The molecule has 0 saturated carbocycles. The van der Waals surface area contributed by atoms with Gasteiger partial charge in [0.05, 0.1) is 35.0 Å². The standard InChI is InChI=1S/C28H28N2O6/c1-17-6-8-21(9-7-17)30(28(32)19-14-24(34-3)26(36-5)25(15-19)35-4)16-20-12-18-13-22(33-2)10-11-23(18)29-27(20)31/h6-15H,16H2,1-5H3,(H,29,31). The summed E-state index contributed by atoms with van der Waals surface area (Å²) in [6.45, 7) is 2.01. The largest absolute Gasteiger partial charge is 0.497 e. The van der Waals surface area contributed by atoms with Crippen molar-refractivity contribution in [2.75, 3.05) is 33.3 Å². The fourth-order valence-corrected chi connectivity index (χ4v) is 4.01. The number of H-pyrrole nitrogens is 1. The van der Waals surface area contributed by atoms with Gasteiger partial charge in [-0.05, 0) is 55.5 Å². The predicted molar refractivity (Wildman–Crippen MR) is 139 cm³/mol. The molecule has 1 aromatic heterocycles. The number of fused-ring (bicyclic) bond motifs is 1. The zero-order chi connectivity index (χ0) is 25.8. The molecule has 0 unspecified atom stereocenters. The van der Waals surface area contributed by atoms with Gasteiger partial charge in [0.15, 0.2) is 11.5 Å². The first-order chi connectivity index (χ1) is 17.4. The van der Waals surface area contributed by atoms with Crippen molar-refractivity contribution < 1.29 is 23.7 Å². The van der Waals surface area contributed by atoms with E-state index in [1.54, 1.807) is 42.3 Å². The second kappa shape index (κ2) is 10.4. The molecule has 0 saturated heterocycles. The van der Waals surface area contributed by atoms with Crippen LogP contribution in [0.3, 0.4) is 0 Å². The number of aryl methyl sites for hydroxylation is 1. The highest BCUT2D eigenvalue weighted by molar-refractivity contribution is 6.06. The maximum absolute atomic E-state index is 13.9. The summed E-state index contributed by atoms with van der Waals surface area (Å²) < 4.78 is 21.6. The maximum atomic E-state index is 13.9. The minimum atomic E-state index is -0.330. The summed E-state index contributed by atoms with van der Waals surface area (Å²) in [5.41, 5.74) is 2.85. The zero-order valence-corrected chi connectivity index (χ0v) is 20.9. The number of carbonyl (C=O) groups excluding carboxylic acids is 1. The van der Waals surface area contributed by atoms with Gasteiger partial charge in [0.1, 0.15) is 5.75 Å². The zero-order valence-electron chi connectivity index (χ0n) is 20.9. The van der Waals surface area contributed by atoms with Gasteiger partial charge in [0, 0.05) is 27.7 Å². The number of benzene rings is 3. The molecule has 0 atom stereocenters. The number of nitrogens with zero attached hydrogens (tertiary/aromatic N) is 1. The van der Waals surface area contributed by atoms with Gasteiger partial charge in [-0.25, -0.2) is 0 Å². The molecule has 0 fully saturated rings. The van der Waals surface area contributed by atoms with Crippen molar-refractivity contribution in [3.05, 3.63) is 87.7 Å². The summed E-state index contributed by atoms with van der Waals surface area (Å²) in [4.78, 5) is 31.3. The van der Waals surface area contributed by atoms with E-state index >= 15 is 0 Å². The Labute approximate surface area is 209 Å². The van der Waals surface area contributed by atoms with Crippen molar-refractivity contribution in [3.63, 3.8) is 0 Å². The van der Waals surface area contributed by atoms with Gasteiger partial charge in [-0.1, -0.05) is 17.7 Å². The maximum Gasteiger partial charge on any atom is 0.258 e. The van der Waals surface area contributed by atoms with Crippen LogP contribution in [0.2, 0.25) is 0 Å². The average Bonchev–Trinajstić information content (AvgIpc) is 2.90. The molecule has 1 heterocycles. The lowest BCUT2D eigenvalue weighted by Crippen LogP contribution is -2.33. The van der Waals surface area contributed by atoms with E-state index in [2.05, 4.69) is 4.98 Å². The molecule has 1 N–H and O–H groups in total. The molecule has 0 aliphatic carbocycles. The van der Waals surface area contributed by atoms with E-state index in [1.807, 2.05) is 37.3 Å². The first-order valence-corrected chi connectivity index (χ1v) is 11.3. The number of pyridine rings is 1. The highest BCUT2D eigenvalue weighted by Crippen LogP contribution is 2.39. The monoisotopic (exact) mass is 488 g/mol. The van der Waals surface area contributed by atoms with Crippen molar-refractivity contribution in [2.24, 2.45) is 0 Å². The van der Waals surface area contributed by atoms with Crippen LogP contribution in [0.15, 0.2) is 65.5 Å². The van der Waals surface area contributed by atoms with E-state index in [0.29, 0.717) is 45.3 Å². The molecule has 8 heteroatoms. The minimum absolute atomic E-state index is 0.0427. The lowest BCUT2D eigenvalue weighted by atomic mass is 10.1. The van der Waals surface area contributed by atoms with E-state index in [-0.39, 0.29) is 18.0 Å². The SMILES string of the molecule is COc1ccc2[nH]c(=O)c(CN(C(=O)c3cc(OC)c(OC)c(OC)c3)c3ccc(C)cc3)cc2c1. The van der Waals surface area contributed by atoms with Gasteiger partial charge in [0.2, 0.25) is 5.75 Å². The molecule has 8 nitrogen and oxygen atoms in total. The molecule has 1 amide bonds. The fourth-order valence-electron chi connectivity index (χ4n) is 4.01. The van der Waals surface area contributed by atoms with Gasteiger partial charge in [-0.3, -0.25) is 9.59 Å². The molecule has 0 spiro atoms. The quantitative estimate of drug-likeness (QED) is 0.386. The van der Waals surface area contributed by atoms with Gasteiger partial charge in [0.25, 0.3) is 11.5 Å². The van der Waals surface area contributed by atoms with Crippen LogP contribution in [-0.2, 0) is 6.54 Å². The summed E-state index contributed by atoms with van der Waals surface area (Å²) in [7, 11) is 6.07. The van der Waals surface area contributed by atoms with Crippen molar-refractivity contribution in [2.45, 2.75) is 13.5 Å². The summed E-state index contributed by atoms with van der Waals surface area (Å²) in [5.74, 6) is 1.45. The lowest BCUT2D eigenvalue weighted by molar-refractivity contribution is 0.0984. The number of hydrogen-bond donors (Lipinski definition) is 1. The summed E-state index contributed by atoms with van der Waals surface area (Å²) in [6.07, 6.45) is 0. The number of rotatable bonds is 8. The second-order valence-corrected chi connectivity index (χ2v) is 8.22. The number of hydrogen-bond acceptors (Lipinski definition) is 6. The number of amides is 1. The Morgan fingerprint density at radius 3 is 2.08 bits per heavy atom. The average molecular weight is 489 g/mol. The number of aromatic nitrogens is 1. The molecule has 0 aliphatic rings. The van der Waals surface area contributed by atoms with Crippen LogP contribution in [0.5, 0.6) is 23.0 Å². The molecule has 0 radical (unpaired) electrons. The molecule has 4 aromatic rings. The molecule has 0 aliphatic heterocycles. The Hall–Kier alpha value is -4.46. The van der Waals surface area contributed by atoms with Crippen LogP contribution in [0.4, 0.5) is 5.69 Å². The second-order valence-electron chi connectivity index (χ2n) is 8.22. The van der Waals surface area contributed by atoms with E-state index in [9.17, 15) is 9.59 Å². The topological polar surface area (TPSA) is 90.1 Å². The van der Waals surface area contributed by atoms with Gasteiger partial charge >= 0.3 is 0 Å². The lowest BCUT2D eigenvalue weighted by Gasteiger charge is -2.24. The molecule has 0 bridgehead atoms. The first-order valence-electron chi connectivity index (χ1n) is 11.3. The molecule has 186 valence electrons. The Kier molecular flexibility index (Phi) is 7.15. The summed E-state index contributed by atoms with van der Waals surface area (Å²) >= 11 is 0. The Bertz CT molecular complexity index is 1430. The van der Waals surface area contributed by atoms with Gasteiger partial charge < -0.3 is 28.8 Å². The van der Waals surface area contributed by atoms with Crippen LogP contribution >= 0.6 is 0 Å². The number of methoxy groups -OCH3 is 4. The number of nitrogens with one attached hydrogen (secondary N) is 1. The molecule has 36 heavy (non-hydrogen) atoms. The third-order valence-corrected chi connectivity index (χ3v) is 5.96. The minimum Gasteiger partial charge on any atom is -0.497 e. The van der Waals surface area contributed by atoms with Crippen LogP contribution in [0.25, 0.3) is 10.9 Å². The predicted octanol–water partition coefficient (Wildman–Crippen LogP) is 4.72. The van der Waals surface area contributed by atoms with E-state index in [0.717, 1.165) is 10.9 Å². The normalized spacial score (nSPS) is 10.7. The van der Waals surface area contributed by atoms with Crippen LogP contribution in [0.1, 0.15) is 21.5 Å². The number of anilines is 1. The third kappa shape index (κ3) is 4.84. The Morgan fingerprint density at radius 1 is 0.833 bits per heavy atom. The molecular formula is C28H28N2O6. The Morgan fingerprint density at radius 2 is 1.50 bits per heavy atom. The third-order valence-electron chi connectivity index (χ3n) is 5.96. The van der Waals surface area contributed by atoms with Crippen LogP contribution in [0, 0.1) is 6.92 Å². The number of carbonyl (C=O) groups is 1. The van der Waals surface area contributed by atoms with Crippen molar-refractivity contribution in [3.8, 4) is 23.0 Å². The number of aromatic amines is 1. The van der Waals surface area contributed by atoms with E-state index in [4.69, 9.17) is 18.9 Å². The molecule has 4 rings (SSSR count). The molecular weight excluding hydrogens is 460 g/mol. The Balaban J connectivity index is 1.82. The highest BCUT2D eigenvalue weighted by Gasteiger charge is 2.24. The fraction of sp³-hybridized carbons (Fsp3) is 0.214. The van der Waals surface area contributed by atoms with Crippen LogP contribution < -0.4 is 29.4 Å². The smallest absolute Gasteiger partial charge is 0.258 e. The first kappa shape index (κ1) is 24.7. The molecule has 3 aromatic carbocycles. The summed E-state index contributed by atoms with van der Waals surface area (Å²) in [5, 5.41) is 0.799. The van der Waals surface area contributed by atoms with Crippen molar-refractivity contribution in [1.29, 1.82) is 0 Å². The van der Waals surface area contributed by atoms with E-state index < -0.39 is 0 Å². The highest BCUT2D eigenvalue weighted by atomic mass is 16.5. The summed E-state index contributed by atoms with van der Waals surface area (Å²) in [6, 6.07) is 17.9. The van der Waals surface area contributed by atoms with E-state index in [1.165, 1.54) is 21.3 Å². The van der Waals surface area contributed by atoms with Crippen molar-refractivity contribution in [1.82, 2.24) is 4.98 Å². The van der Waals surface area contributed by atoms with Gasteiger partial charge in [-0.2, -0.15) is 0 Å². The van der Waals surface area contributed by atoms with Crippen LogP contribution in [-0.4, -0.2) is 39.3 Å². The number of ether oxygens (including phenoxy) is 4.